The van der Waals surface area contributed by atoms with E-state index in [1.54, 1.807) is 6.07 Å². The van der Waals surface area contributed by atoms with Gasteiger partial charge in [-0.05, 0) is 50.3 Å². The molecular formula is C17H25N3O2S. The molecule has 23 heavy (non-hydrogen) atoms. The van der Waals surface area contributed by atoms with Crippen molar-refractivity contribution in [3.63, 3.8) is 0 Å². The molecule has 0 aliphatic heterocycles. The van der Waals surface area contributed by atoms with Crippen molar-refractivity contribution >= 4 is 21.4 Å². The molecule has 0 radical (unpaired) electrons. The first-order valence-electron chi connectivity index (χ1n) is 8.21. The molecule has 1 aliphatic carbocycles. The molecule has 1 aliphatic rings. The Morgan fingerprint density at radius 1 is 1.30 bits per heavy atom. The van der Waals surface area contributed by atoms with Gasteiger partial charge in [0.25, 0.3) is 0 Å². The largest absolute Gasteiger partial charge is 0.382 e. The summed E-state index contributed by atoms with van der Waals surface area (Å²) in [6.07, 6.45) is 4.51. The van der Waals surface area contributed by atoms with Gasteiger partial charge in [0, 0.05) is 17.6 Å². The lowest BCUT2D eigenvalue weighted by atomic mass is 9.86. The van der Waals surface area contributed by atoms with Crippen molar-refractivity contribution < 1.29 is 8.42 Å². The van der Waals surface area contributed by atoms with Crippen molar-refractivity contribution in [2.75, 3.05) is 15.8 Å². The lowest BCUT2D eigenvalue weighted by molar-refractivity contribution is 0.395. The first kappa shape index (κ1) is 17.6. The van der Waals surface area contributed by atoms with Crippen LogP contribution in [0.3, 0.4) is 0 Å². The molecule has 0 amide bonds. The maximum Gasteiger partial charge on any atom is 0.232 e. The summed E-state index contributed by atoms with van der Waals surface area (Å²) >= 11 is 0. The molecule has 0 aromatic heterocycles. The molecule has 1 aromatic rings. The molecule has 0 spiro atoms. The highest BCUT2D eigenvalue weighted by Crippen LogP contribution is 2.30. The predicted octanol–water partition coefficient (Wildman–Crippen LogP) is 3.64. The first-order valence-corrected chi connectivity index (χ1v) is 9.86. The Kier molecular flexibility index (Phi) is 5.89. The van der Waals surface area contributed by atoms with Gasteiger partial charge in [-0.15, -0.1) is 0 Å². The SMILES string of the molecule is CCCS(=O)(=O)Nc1cccc(N[C@H]2CCC[C@@H](C#N)C2)c1C. The van der Waals surface area contributed by atoms with Gasteiger partial charge in [0.1, 0.15) is 0 Å². The van der Waals surface area contributed by atoms with E-state index in [0.717, 1.165) is 36.9 Å². The Bertz CT molecular complexity index is 680. The maximum atomic E-state index is 12.0. The van der Waals surface area contributed by atoms with E-state index < -0.39 is 10.0 Å². The van der Waals surface area contributed by atoms with Crippen LogP contribution in [0, 0.1) is 24.2 Å². The van der Waals surface area contributed by atoms with Gasteiger partial charge in [-0.3, -0.25) is 4.72 Å². The number of sulfonamides is 1. The van der Waals surface area contributed by atoms with Crippen molar-refractivity contribution in [3.8, 4) is 6.07 Å². The number of benzene rings is 1. The van der Waals surface area contributed by atoms with Crippen LogP contribution in [-0.2, 0) is 10.0 Å². The lowest BCUT2D eigenvalue weighted by Crippen LogP contribution is -2.27. The van der Waals surface area contributed by atoms with Crippen LogP contribution in [0.4, 0.5) is 11.4 Å². The Hall–Kier alpha value is -1.74. The molecule has 2 atom stereocenters. The van der Waals surface area contributed by atoms with Gasteiger partial charge in [0.15, 0.2) is 0 Å². The van der Waals surface area contributed by atoms with E-state index in [-0.39, 0.29) is 17.7 Å². The first-order chi connectivity index (χ1) is 10.9. The van der Waals surface area contributed by atoms with Crippen molar-refractivity contribution in [2.45, 2.75) is 52.0 Å². The minimum absolute atomic E-state index is 0.118. The molecule has 0 saturated heterocycles. The van der Waals surface area contributed by atoms with Crippen LogP contribution in [0.2, 0.25) is 0 Å². The molecule has 6 heteroatoms. The average molecular weight is 335 g/mol. The van der Waals surface area contributed by atoms with E-state index in [1.165, 1.54) is 0 Å². The Morgan fingerprint density at radius 3 is 2.74 bits per heavy atom. The van der Waals surface area contributed by atoms with Crippen molar-refractivity contribution in [2.24, 2.45) is 5.92 Å². The average Bonchev–Trinajstić information content (AvgIpc) is 2.51. The maximum absolute atomic E-state index is 12.0. The van der Waals surface area contributed by atoms with E-state index in [2.05, 4.69) is 16.1 Å². The Balaban J connectivity index is 2.12. The third-order valence-corrected chi connectivity index (χ3v) is 5.77. The van der Waals surface area contributed by atoms with Crippen LogP contribution in [0.1, 0.15) is 44.6 Å². The number of nitrogens with zero attached hydrogens (tertiary/aromatic N) is 1. The summed E-state index contributed by atoms with van der Waals surface area (Å²) in [6, 6.07) is 8.23. The van der Waals surface area contributed by atoms with Gasteiger partial charge >= 0.3 is 0 Å². The quantitative estimate of drug-likeness (QED) is 0.831. The summed E-state index contributed by atoms with van der Waals surface area (Å²) < 4.78 is 26.6. The third kappa shape index (κ3) is 4.87. The highest BCUT2D eigenvalue weighted by atomic mass is 32.2. The zero-order chi connectivity index (χ0) is 16.9. The highest BCUT2D eigenvalue weighted by Gasteiger charge is 2.22. The topological polar surface area (TPSA) is 82.0 Å². The molecule has 1 aromatic carbocycles. The lowest BCUT2D eigenvalue weighted by Gasteiger charge is -2.28. The number of hydrogen-bond donors (Lipinski definition) is 2. The van der Waals surface area contributed by atoms with Crippen LogP contribution in [0.25, 0.3) is 0 Å². The zero-order valence-electron chi connectivity index (χ0n) is 13.8. The molecule has 2 rings (SSSR count). The van der Waals surface area contributed by atoms with E-state index in [0.29, 0.717) is 12.1 Å². The van der Waals surface area contributed by atoms with Crippen LogP contribution >= 0.6 is 0 Å². The van der Waals surface area contributed by atoms with E-state index >= 15 is 0 Å². The summed E-state index contributed by atoms with van der Waals surface area (Å²) in [5.74, 6) is 0.240. The standard InChI is InChI=1S/C17H25N3O2S/c1-3-10-23(21,22)20-17-9-5-8-16(13(17)2)19-15-7-4-6-14(11-15)12-18/h5,8-9,14-15,19-20H,3-4,6-7,10-11H2,1-2H3/t14-,15+/m1/s1. The van der Waals surface area contributed by atoms with Gasteiger partial charge in [-0.2, -0.15) is 5.26 Å². The summed E-state index contributed by atoms with van der Waals surface area (Å²) in [5, 5.41) is 12.6. The third-order valence-electron chi connectivity index (χ3n) is 4.29. The van der Waals surface area contributed by atoms with Crippen LogP contribution in [-0.4, -0.2) is 20.2 Å². The van der Waals surface area contributed by atoms with E-state index in [4.69, 9.17) is 5.26 Å². The van der Waals surface area contributed by atoms with Gasteiger partial charge in [0.05, 0.1) is 17.5 Å². The molecule has 1 fully saturated rings. The van der Waals surface area contributed by atoms with Crippen LogP contribution in [0.15, 0.2) is 18.2 Å². The number of rotatable bonds is 6. The second-order valence-corrected chi connectivity index (χ2v) is 8.07. The molecule has 126 valence electrons. The second-order valence-electron chi connectivity index (χ2n) is 6.23. The molecule has 1 saturated carbocycles. The zero-order valence-corrected chi connectivity index (χ0v) is 14.6. The van der Waals surface area contributed by atoms with Gasteiger partial charge in [0.2, 0.25) is 10.0 Å². The molecular weight excluding hydrogens is 310 g/mol. The van der Waals surface area contributed by atoms with Crippen molar-refractivity contribution in [1.29, 1.82) is 5.26 Å². The number of hydrogen-bond acceptors (Lipinski definition) is 4. The molecule has 5 nitrogen and oxygen atoms in total. The molecule has 0 heterocycles. The summed E-state index contributed by atoms with van der Waals surface area (Å²) in [5.41, 5.74) is 2.45. The number of anilines is 2. The fourth-order valence-corrected chi connectivity index (χ4v) is 4.24. The second kappa shape index (κ2) is 7.69. The summed E-state index contributed by atoms with van der Waals surface area (Å²) in [7, 11) is -3.29. The van der Waals surface area contributed by atoms with Crippen LogP contribution in [0.5, 0.6) is 0 Å². The highest BCUT2D eigenvalue weighted by molar-refractivity contribution is 7.92. The van der Waals surface area contributed by atoms with Crippen molar-refractivity contribution in [3.05, 3.63) is 23.8 Å². The van der Waals surface area contributed by atoms with Gasteiger partial charge < -0.3 is 5.32 Å². The van der Waals surface area contributed by atoms with Gasteiger partial charge in [-0.25, -0.2) is 8.42 Å². The summed E-state index contributed by atoms with van der Waals surface area (Å²) in [6.45, 7) is 3.76. The minimum Gasteiger partial charge on any atom is -0.382 e. The Labute approximate surface area is 139 Å². The number of nitriles is 1. The smallest absolute Gasteiger partial charge is 0.232 e. The molecule has 0 unspecified atom stereocenters. The molecule has 2 N–H and O–H groups in total. The molecule has 0 bridgehead atoms. The summed E-state index contributed by atoms with van der Waals surface area (Å²) in [4.78, 5) is 0. The minimum atomic E-state index is -3.29. The fraction of sp³-hybridized carbons (Fsp3) is 0.588. The van der Waals surface area contributed by atoms with Crippen LogP contribution < -0.4 is 10.0 Å². The van der Waals surface area contributed by atoms with E-state index in [9.17, 15) is 8.42 Å². The normalized spacial score (nSPS) is 21.4. The monoisotopic (exact) mass is 335 g/mol. The van der Waals surface area contributed by atoms with Gasteiger partial charge in [-0.1, -0.05) is 19.4 Å². The fourth-order valence-electron chi connectivity index (χ4n) is 3.05. The van der Waals surface area contributed by atoms with E-state index in [1.807, 2.05) is 26.0 Å². The number of nitrogens with one attached hydrogen (secondary N) is 2. The predicted molar refractivity (Wildman–Crippen MR) is 93.9 cm³/mol. The van der Waals surface area contributed by atoms with Crippen molar-refractivity contribution in [1.82, 2.24) is 0 Å². The Morgan fingerprint density at radius 2 is 2.04 bits per heavy atom.